The predicted molar refractivity (Wildman–Crippen MR) is 47.7 cm³/mol. The molecule has 4 nitrogen and oxygen atoms in total. The summed E-state index contributed by atoms with van der Waals surface area (Å²) in [6.45, 7) is 2.19. The number of likely N-dealkylation sites (tertiary alicyclic amines) is 1. The largest absolute Gasteiger partial charge is 0.481 e. The molecule has 0 aromatic rings. The third-order valence-electron chi connectivity index (χ3n) is 2.11. The quantitative estimate of drug-likeness (QED) is 0.690. The molecule has 0 spiro atoms. The van der Waals surface area contributed by atoms with Crippen LogP contribution >= 0.6 is 11.6 Å². The molecular weight excluding hydrogens is 194 g/mol. The Kier molecular flexibility index (Phi) is 3.14. The third kappa shape index (κ3) is 2.59. The van der Waals surface area contributed by atoms with Crippen molar-refractivity contribution in [3.63, 3.8) is 0 Å². The second kappa shape index (κ2) is 3.96. The number of carbonyl (C=O) groups excluding carboxylic acids is 1. The highest BCUT2D eigenvalue weighted by atomic mass is 35.5. The fraction of sp³-hybridized carbons (Fsp3) is 0.750. The van der Waals surface area contributed by atoms with Crippen LogP contribution in [0.15, 0.2) is 0 Å². The number of alkyl halides is 1. The summed E-state index contributed by atoms with van der Waals surface area (Å²) in [5, 5.41) is 8.36. The highest BCUT2D eigenvalue weighted by Gasteiger charge is 2.31. The lowest BCUT2D eigenvalue weighted by molar-refractivity contribution is -0.139. The van der Waals surface area contributed by atoms with Crippen molar-refractivity contribution in [2.45, 2.75) is 31.2 Å². The number of halogens is 1. The van der Waals surface area contributed by atoms with Gasteiger partial charge in [0.25, 0.3) is 0 Å². The van der Waals surface area contributed by atoms with Crippen molar-refractivity contribution >= 4 is 23.5 Å². The molecule has 0 aromatic carbocycles. The van der Waals surface area contributed by atoms with Gasteiger partial charge in [-0.3, -0.25) is 9.59 Å². The Hall–Kier alpha value is -0.770. The van der Waals surface area contributed by atoms with Gasteiger partial charge in [0, 0.05) is 19.0 Å². The van der Waals surface area contributed by atoms with E-state index in [-0.39, 0.29) is 23.7 Å². The first-order valence-electron chi connectivity index (χ1n) is 4.16. The Labute approximate surface area is 81.5 Å². The summed E-state index contributed by atoms with van der Waals surface area (Å²) in [4.78, 5) is 23.2. The SMILES string of the molecule is CC(CC(=O)O)N1CC(Cl)CC1=O. The van der Waals surface area contributed by atoms with E-state index >= 15 is 0 Å². The molecule has 1 N–H and O–H groups in total. The molecule has 74 valence electrons. The lowest BCUT2D eigenvalue weighted by atomic mass is 10.2. The van der Waals surface area contributed by atoms with Gasteiger partial charge in [0.1, 0.15) is 0 Å². The molecule has 0 bridgehead atoms. The number of amides is 1. The molecule has 0 saturated carbocycles. The van der Waals surface area contributed by atoms with E-state index in [1.54, 1.807) is 6.92 Å². The molecule has 1 aliphatic rings. The lowest BCUT2D eigenvalue weighted by Gasteiger charge is -2.22. The van der Waals surface area contributed by atoms with Crippen LogP contribution in [0, 0.1) is 0 Å². The van der Waals surface area contributed by atoms with Gasteiger partial charge >= 0.3 is 5.97 Å². The fourth-order valence-electron chi connectivity index (χ4n) is 1.48. The predicted octanol–water partition coefficient (Wildman–Crippen LogP) is 0.689. The summed E-state index contributed by atoms with van der Waals surface area (Å²) in [7, 11) is 0. The molecule has 1 saturated heterocycles. The molecule has 1 aliphatic heterocycles. The highest BCUT2D eigenvalue weighted by molar-refractivity contribution is 6.22. The molecule has 0 aliphatic carbocycles. The Morgan fingerprint density at radius 3 is 2.85 bits per heavy atom. The number of carboxylic acid groups (broad SMARTS) is 1. The van der Waals surface area contributed by atoms with Gasteiger partial charge in [-0.25, -0.2) is 0 Å². The van der Waals surface area contributed by atoms with Gasteiger partial charge in [-0.1, -0.05) is 0 Å². The number of rotatable bonds is 3. The van der Waals surface area contributed by atoms with Gasteiger partial charge in [-0.2, -0.15) is 0 Å². The van der Waals surface area contributed by atoms with E-state index in [9.17, 15) is 9.59 Å². The standard InChI is InChI=1S/C8H12ClNO3/c1-5(2-8(12)13)10-4-6(9)3-7(10)11/h5-6H,2-4H2,1H3,(H,12,13). The van der Waals surface area contributed by atoms with Crippen LogP contribution in [0.4, 0.5) is 0 Å². The van der Waals surface area contributed by atoms with E-state index in [0.717, 1.165) is 0 Å². The average Bonchev–Trinajstić information content (AvgIpc) is 2.28. The van der Waals surface area contributed by atoms with Crippen molar-refractivity contribution in [3.8, 4) is 0 Å². The maximum Gasteiger partial charge on any atom is 0.305 e. The van der Waals surface area contributed by atoms with Crippen LogP contribution in [-0.2, 0) is 9.59 Å². The summed E-state index contributed by atoms with van der Waals surface area (Å²) in [6.07, 6.45) is 0.306. The van der Waals surface area contributed by atoms with Crippen LogP contribution in [0.25, 0.3) is 0 Å². The van der Waals surface area contributed by atoms with E-state index < -0.39 is 5.97 Å². The Morgan fingerprint density at radius 1 is 1.85 bits per heavy atom. The molecular formula is C8H12ClNO3. The summed E-state index contributed by atoms with van der Waals surface area (Å²) in [5.74, 6) is -0.938. The van der Waals surface area contributed by atoms with Crippen molar-refractivity contribution in [1.82, 2.24) is 4.90 Å². The van der Waals surface area contributed by atoms with Crippen molar-refractivity contribution in [1.29, 1.82) is 0 Å². The van der Waals surface area contributed by atoms with Crippen LogP contribution < -0.4 is 0 Å². The number of hydrogen-bond acceptors (Lipinski definition) is 2. The molecule has 1 fully saturated rings. The molecule has 13 heavy (non-hydrogen) atoms. The smallest absolute Gasteiger partial charge is 0.305 e. The number of aliphatic carboxylic acids is 1. The number of nitrogens with zero attached hydrogens (tertiary/aromatic N) is 1. The second-order valence-electron chi connectivity index (χ2n) is 3.29. The van der Waals surface area contributed by atoms with Gasteiger partial charge < -0.3 is 10.0 Å². The third-order valence-corrected chi connectivity index (χ3v) is 2.41. The van der Waals surface area contributed by atoms with Crippen LogP contribution in [0.2, 0.25) is 0 Å². The minimum absolute atomic E-state index is 0.0185. The summed E-state index contributed by atoms with van der Waals surface area (Å²) in [6, 6.07) is -0.256. The first-order valence-corrected chi connectivity index (χ1v) is 4.59. The Morgan fingerprint density at radius 2 is 2.46 bits per heavy atom. The van der Waals surface area contributed by atoms with Gasteiger partial charge in [0.15, 0.2) is 0 Å². The molecule has 0 aromatic heterocycles. The summed E-state index contributed by atoms with van der Waals surface area (Å²) >= 11 is 5.77. The Balaban J connectivity index is 2.51. The maximum absolute atomic E-state index is 11.3. The van der Waals surface area contributed by atoms with Gasteiger partial charge in [0.05, 0.1) is 11.8 Å². The number of carboxylic acids is 1. The molecule has 1 amide bonds. The molecule has 1 rings (SSSR count). The zero-order valence-corrected chi connectivity index (χ0v) is 8.12. The number of carbonyl (C=O) groups is 2. The van der Waals surface area contributed by atoms with E-state index in [1.807, 2.05) is 0 Å². The first-order chi connectivity index (χ1) is 6.00. The average molecular weight is 206 g/mol. The van der Waals surface area contributed by atoms with Crippen molar-refractivity contribution in [2.75, 3.05) is 6.54 Å². The van der Waals surface area contributed by atoms with Crippen molar-refractivity contribution < 1.29 is 14.7 Å². The lowest BCUT2D eigenvalue weighted by Crippen LogP contribution is -2.36. The first kappa shape index (κ1) is 10.3. The van der Waals surface area contributed by atoms with Gasteiger partial charge in [-0.05, 0) is 6.92 Å². The van der Waals surface area contributed by atoms with E-state index in [2.05, 4.69) is 0 Å². The van der Waals surface area contributed by atoms with Gasteiger partial charge in [0.2, 0.25) is 5.91 Å². The maximum atomic E-state index is 11.3. The molecule has 5 heteroatoms. The van der Waals surface area contributed by atoms with Crippen LogP contribution in [-0.4, -0.2) is 39.8 Å². The van der Waals surface area contributed by atoms with E-state index in [4.69, 9.17) is 16.7 Å². The minimum Gasteiger partial charge on any atom is -0.481 e. The van der Waals surface area contributed by atoms with E-state index in [0.29, 0.717) is 13.0 Å². The fourth-order valence-corrected chi connectivity index (χ4v) is 1.76. The Bertz CT molecular complexity index is 231. The van der Waals surface area contributed by atoms with Crippen molar-refractivity contribution in [2.24, 2.45) is 0 Å². The summed E-state index contributed by atoms with van der Waals surface area (Å²) in [5.41, 5.74) is 0. The zero-order chi connectivity index (χ0) is 10.0. The van der Waals surface area contributed by atoms with Crippen molar-refractivity contribution in [3.05, 3.63) is 0 Å². The molecule has 0 radical (unpaired) electrons. The topological polar surface area (TPSA) is 57.6 Å². The highest BCUT2D eigenvalue weighted by Crippen LogP contribution is 2.19. The normalized spacial score (nSPS) is 24.9. The van der Waals surface area contributed by atoms with Crippen LogP contribution in [0.1, 0.15) is 19.8 Å². The van der Waals surface area contributed by atoms with Gasteiger partial charge in [-0.15, -0.1) is 11.6 Å². The monoisotopic (exact) mass is 205 g/mol. The minimum atomic E-state index is -0.890. The molecule has 2 atom stereocenters. The van der Waals surface area contributed by atoms with E-state index in [1.165, 1.54) is 4.90 Å². The summed E-state index contributed by atoms with van der Waals surface area (Å²) < 4.78 is 0. The zero-order valence-electron chi connectivity index (χ0n) is 7.36. The number of hydrogen-bond donors (Lipinski definition) is 1. The molecule has 1 heterocycles. The van der Waals surface area contributed by atoms with Crippen LogP contribution in [0.5, 0.6) is 0 Å². The molecule has 2 unspecified atom stereocenters. The van der Waals surface area contributed by atoms with Crippen LogP contribution in [0.3, 0.4) is 0 Å². The second-order valence-corrected chi connectivity index (χ2v) is 3.91.